The van der Waals surface area contributed by atoms with Crippen LogP contribution in [0.15, 0.2) is 145 Å². The second kappa shape index (κ2) is 15.8. The van der Waals surface area contributed by atoms with Crippen molar-refractivity contribution < 1.29 is 27.8 Å². The third-order valence-corrected chi connectivity index (χ3v) is 11.2. The number of cyclic esters (lactones) is 1. The van der Waals surface area contributed by atoms with Crippen LogP contribution in [0.3, 0.4) is 0 Å². The number of anilines is 1. The summed E-state index contributed by atoms with van der Waals surface area (Å²) in [6, 6.07) is 40.5. The van der Waals surface area contributed by atoms with E-state index in [4.69, 9.17) is 14.2 Å². The minimum absolute atomic E-state index is 0.00648. The largest absolute Gasteiger partial charge is 0.447 e. The molecule has 2 saturated heterocycles. The van der Waals surface area contributed by atoms with Crippen LogP contribution in [-0.2, 0) is 35.3 Å². The molecule has 0 N–H and O–H groups in total. The van der Waals surface area contributed by atoms with Gasteiger partial charge < -0.3 is 19.1 Å². The van der Waals surface area contributed by atoms with Crippen LogP contribution < -0.4 is 15.2 Å². The van der Waals surface area contributed by atoms with Gasteiger partial charge in [-0.15, -0.1) is 0 Å². The summed E-state index contributed by atoms with van der Waals surface area (Å²) in [5, 5.41) is 0.467. The number of alkyl halides is 2. The van der Waals surface area contributed by atoms with E-state index in [9.17, 15) is 18.4 Å². The van der Waals surface area contributed by atoms with E-state index in [1.165, 1.54) is 10.7 Å². The molecule has 0 spiro atoms. The molecule has 0 radical (unpaired) electrons. The Balaban J connectivity index is 1.04. The maximum atomic E-state index is 13.9. The maximum Gasteiger partial charge on any atom is 0.410 e. The van der Waals surface area contributed by atoms with Crippen LogP contribution in [0.25, 0.3) is 22.0 Å². The number of aromatic nitrogens is 4. The summed E-state index contributed by atoms with van der Waals surface area (Å²) < 4.78 is 48.2. The van der Waals surface area contributed by atoms with Crippen molar-refractivity contribution in [3.63, 3.8) is 0 Å². The van der Waals surface area contributed by atoms with Crippen LogP contribution in [0.5, 0.6) is 5.75 Å². The molecular formula is C46H40F2N6O5. The lowest BCUT2D eigenvalue weighted by Gasteiger charge is -2.36. The fourth-order valence-electron chi connectivity index (χ4n) is 8.22. The van der Waals surface area contributed by atoms with Crippen molar-refractivity contribution in [1.29, 1.82) is 0 Å². The Morgan fingerprint density at radius 1 is 0.797 bits per heavy atom. The molecular weight excluding hydrogens is 755 g/mol. The molecule has 4 heterocycles. The number of ether oxygens (including phenoxy) is 3. The molecule has 59 heavy (non-hydrogen) atoms. The second-order valence-corrected chi connectivity index (χ2v) is 14.6. The number of carbonyl (C=O) groups is 1. The molecule has 1 atom stereocenters. The summed E-state index contributed by atoms with van der Waals surface area (Å²) in [5.41, 5.74) is 4.82. The molecule has 298 valence electrons. The molecule has 2 aromatic heterocycles. The summed E-state index contributed by atoms with van der Waals surface area (Å²) in [4.78, 5) is 38.6. The average molecular weight is 795 g/mol. The van der Waals surface area contributed by atoms with Gasteiger partial charge in [0.1, 0.15) is 18.0 Å². The van der Waals surface area contributed by atoms with E-state index < -0.39 is 12.2 Å². The maximum absolute atomic E-state index is 13.9. The highest BCUT2D eigenvalue weighted by Crippen LogP contribution is 2.41. The number of fused-ring (bicyclic) bond motifs is 2. The first-order valence-corrected chi connectivity index (χ1v) is 19.4. The molecule has 7 aromatic rings. The average Bonchev–Trinajstić information content (AvgIpc) is 3.76. The Bertz CT molecular complexity index is 2560. The fourth-order valence-corrected chi connectivity index (χ4v) is 8.22. The molecule has 2 aliphatic rings. The van der Waals surface area contributed by atoms with E-state index in [2.05, 4.69) is 9.97 Å². The van der Waals surface area contributed by atoms with Crippen molar-refractivity contribution >= 4 is 22.9 Å². The van der Waals surface area contributed by atoms with Crippen LogP contribution in [0.1, 0.15) is 27.8 Å². The number of hydrogen-bond donors (Lipinski definition) is 0. The SMILES string of the molecule is Cn1c(=O)c2ccc(-c3cnc(N4CCN5C(=O)OC[C@H]5C4)nc3)cc2n1Cc1cc(COC(c2ccccc2)(c2ccccc2)c2ccccc2)ccc1OC(F)F. The third kappa shape index (κ3) is 7.18. The lowest BCUT2D eigenvalue weighted by Crippen LogP contribution is -2.52. The molecule has 0 unspecified atom stereocenters. The highest BCUT2D eigenvalue weighted by atomic mass is 19.3. The smallest absolute Gasteiger partial charge is 0.410 e. The van der Waals surface area contributed by atoms with Crippen molar-refractivity contribution in [3.05, 3.63) is 178 Å². The minimum Gasteiger partial charge on any atom is -0.447 e. The van der Waals surface area contributed by atoms with Crippen LogP contribution in [-0.4, -0.2) is 69.2 Å². The molecule has 5 aromatic carbocycles. The molecule has 0 saturated carbocycles. The Labute approximate surface area is 338 Å². The summed E-state index contributed by atoms with van der Waals surface area (Å²) in [6.45, 7) is -0.851. The van der Waals surface area contributed by atoms with Gasteiger partial charge in [-0.05, 0) is 52.1 Å². The quantitative estimate of drug-likeness (QED) is 0.117. The Morgan fingerprint density at radius 2 is 1.44 bits per heavy atom. The first-order chi connectivity index (χ1) is 28.8. The Morgan fingerprint density at radius 3 is 2.07 bits per heavy atom. The van der Waals surface area contributed by atoms with Crippen LogP contribution in [0, 0.1) is 0 Å². The van der Waals surface area contributed by atoms with Crippen LogP contribution in [0.4, 0.5) is 19.5 Å². The van der Waals surface area contributed by atoms with E-state index in [1.807, 2.05) is 108 Å². The van der Waals surface area contributed by atoms with Gasteiger partial charge in [0.15, 0.2) is 0 Å². The lowest BCUT2D eigenvalue weighted by atomic mass is 9.80. The molecule has 11 nitrogen and oxygen atoms in total. The number of halogens is 2. The van der Waals surface area contributed by atoms with Gasteiger partial charge in [-0.1, -0.05) is 103 Å². The van der Waals surface area contributed by atoms with E-state index in [0.717, 1.165) is 33.4 Å². The van der Waals surface area contributed by atoms with Crippen molar-refractivity contribution in [2.75, 3.05) is 31.1 Å². The number of amides is 1. The number of rotatable bonds is 12. The van der Waals surface area contributed by atoms with Gasteiger partial charge in [-0.3, -0.25) is 19.1 Å². The van der Waals surface area contributed by atoms with Gasteiger partial charge in [0.2, 0.25) is 5.95 Å². The Hall–Kier alpha value is -6.86. The van der Waals surface area contributed by atoms with Crippen molar-refractivity contribution in [2.24, 2.45) is 7.05 Å². The Kier molecular flexibility index (Phi) is 10.1. The predicted molar refractivity (Wildman–Crippen MR) is 218 cm³/mol. The number of piperazine rings is 1. The third-order valence-electron chi connectivity index (χ3n) is 11.2. The molecule has 0 bridgehead atoms. The van der Waals surface area contributed by atoms with E-state index >= 15 is 0 Å². The summed E-state index contributed by atoms with van der Waals surface area (Å²) in [6.07, 6.45) is 3.18. The first kappa shape index (κ1) is 37.7. The van der Waals surface area contributed by atoms with Gasteiger partial charge in [-0.25, -0.2) is 14.8 Å². The minimum atomic E-state index is -3.06. The molecule has 0 aliphatic carbocycles. The van der Waals surface area contributed by atoms with Gasteiger partial charge in [0.25, 0.3) is 5.56 Å². The van der Waals surface area contributed by atoms with Crippen molar-refractivity contribution in [1.82, 2.24) is 24.2 Å². The topological polar surface area (TPSA) is 104 Å². The van der Waals surface area contributed by atoms with Gasteiger partial charge >= 0.3 is 12.7 Å². The zero-order chi connectivity index (χ0) is 40.5. The first-order valence-electron chi connectivity index (χ1n) is 19.4. The molecule has 1 amide bonds. The van der Waals surface area contributed by atoms with Gasteiger partial charge in [0.05, 0.1) is 30.1 Å². The molecule has 13 heteroatoms. The predicted octanol–water partition coefficient (Wildman–Crippen LogP) is 7.60. The zero-order valence-electron chi connectivity index (χ0n) is 32.2. The highest BCUT2D eigenvalue weighted by molar-refractivity contribution is 5.84. The number of nitrogens with zero attached hydrogens (tertiary/aromatic N) is 6. The molecule has 9 rings (SSSR count). The normalized spacial score (nSPS) is 15.5. The van der Waals surface area contributed by atoms with E-state index in [-0.39, 0.29) is 36.6 Å². The van der Waals surface area contributed by atoms with E-state index in [0.29, 0.717) is 48.7 Å². The standard InChI is InChI=1S/C46H40F2N6O5/c1-51-42(55)39-19-18-32(34-25-49-44(50-26-34)52-21-22-53-38(28-52)30-57-45(53)56)24-40(39)54(51)27-33-23-31(17-20-41(33)59-43(47)48)29-58-46(35-11-5-2-6-12-35,36-13-7-3-8-14-36)37-15-9-4-10-16-37/h2-20,23-26,38,43H,21-22,27-30H2,1H3/t38-/m1/s1. The number of carbonyl (C=O) groups excluding carboxylic acids is 1. The molecule has 2 fully saturated rings. The highest BCUT2D eigenvalue weighted by Gasteiger charge is 2.39. The van der Waals surface area contributed by atoms with Crippen LogP contribution >= 0.6 is 0 Å². The summed E-state index contributed by atoms with van der Waals surface area (Å²) >= 11 is 0. The number of benzene rings is 5. The lowest BCUT2D eigenvalue weighted by molar-refractivity contribution is -0.0505. The van der Waals surface area contributed by atoms with E-state index in [1.54, 1.807) is 47.2 Å². The fraction of sp³-hybridized carbons (Fsp3) is 0.217. The second-order valence-electron chi connectivity index (χ2n) is 14.6. The summed E-state index contributed by atoms with van der Waals surface area (Å²) in [5.74, 6) is 0.544. The van der Waals surface area contributed by atoms with Crippen molar-refractivity contribution in [2.45, 2.75) is 31.4 Å². The number of hydrogen-bond acceptors (Lipinski definition) is 8. The zero-order valence-corrected chi connectivity index (χ0v) is 32.2. The molecule has 2 aliphatic heterocycles. The van der Waals surface area contributed by atoms with Gasteiger partial charge in [-0.2, -0.15) is 8.78 Å². The van der Waals surface area contributed by atoms with Crippen LogP contribution in [0.2, 0.25) is 0 Å². The summed E-state index contributed by atoms with van der Waals surface area (Å²) in [7, 11) is 1.65. The monoisotopic (exact) mass is 794 g/mol. The van der Waals surface area contributed by atoms with Gasteiger partial charge in [0, 0.05) is 50.2 Å². The van der Waals surface area contributed by atoms with Crippen molar-refractivity contribution in [3.8, 4) is 16.9 Å².